The van der Waals surface area contributed by atoms with Crippen molar-refractivity contribution in [3.63, 3.8) is 0 Å². The SMILES string of the molecule is CCC(=O)NCCOCO. The van der Waals surface area contributed by atoms with Crippen molar-refractivity contribution in [1.82, 2.24) is 5.32 Å². The summed E-state index contributed by atoms with van der Waals surface area (Å²) >= 11 is 0. The van der Waals surface area contributed by atoms with Gasteiger partial charge in [0.15, 0.2) is 0 Å². The molecule has 0 aromatic carbocycles. The van der Waals surface area contributed by atoms with E-state index in [2.05, 4.69) is 10.1 Å². The highest BCUT2D eigenvalue weighted by Gasteiger charge is 1.93. The molecule has 0 aliphatic heterocycles. The molecule has 60 valence electrons. The Morgan fingerprint density at radius 1 is 1.70 bits per heavy atom. The molecule has 2 N–H and O–H groups in total. The van der Waals surface area contributed by atoms with Crippen molar-refractivity contribution < 1.29 is 14.6 Å². The van der Waals surface area contributed by atoms with E-state index in [1.54, 1.807) is 6.92 Å². The van der Waals surface area contributed by atoms with E-state index >= 15 is 0 Å². The monoisotopic (exact) mass is 147 g/mol. The number of aliphatic hydroxyl groups is 1. The molecule has 0 atom stereocenters. The Bertz CT molecular complexity index is 95.0. The standard InChI is InChI=1S/C6H13NO3/c1-2-6(9)7-3-4-10-5-8/h8H,2-5H2,1H3,(H,7,9). The Kier molecular flexibility index (Phi) is 6.11. The molecule has 0 aromatic rings. The highest BCUT2D eigenvalue weighted by molar-refractivity contribution is 5.75. The van der Waals surface area contributed by atoms with E-state index in [4.69, 9.17) is 5.11 Å². The first-order valence-corrected chi connectivity index (χ1v) is 3.26. The van der Waals surface area contributed by atoms with Crippen molar-refractivity contribution in [3.8, 4) is 0 Å². The van der Waals surface area contributed by atoms with Crippen LogP contribution in [0.4, 0.5) is 0 Å². The molecule has 0 bridgehead atoms. The van der Waals surface area contributed by atoms with Crippen LogP contribution in [0.5, 0.6) is 0 Å². The number of carbonyl (C=O) groups is 1. The quantitative estimate of drug-likeness (QED) is 0.406. The van der Waals surface area contributed by atoms with Gasteiger partial charge in [0.2, 0.25) is 5.91 Å². The second kappa shape index (κ2) is 6.51. The van der Waals surface area contributed by atoms with Gasteiger partial charge in [-0.15, -0.1) is 0 Å². The van der Waals surface area contributed by atoms with Crippen LogP contribution in [0.2, 0.25) is 0 Å². The Morgan fingerprint density at radius 3 is 2.90 bits per heavy atom. The fourth-order valence-electron chi connectivity index (χ4n) is 0.452. The molecular weight excluding hydrogens is 134 g/mol. The zero-order valence-electron chi connectivity index (χ0n) is 6.09. The van der Waals surface area contributed by atoms with E-state index in [0.717, 1.165) is 0 Å². The van der Waals surface area contributed by atoms with Crippen LogP contribution in [-0.4, -0.2) is 31.0 Å². The van der Waals surface area contributed by atoms with Crippen LogP contribution < -0.4 is 5.32 Å². The van der Waals surface area contributed by atoms with Crippen LogP contribution in [0.3, 0.4) is 0 Å². The lowest BCUT2D eigenvalue weighted by atomic mass is 10.4. The number of carbonyl (C=O) groups excluding carboxylic acids is 1. The highest BCUT2D eigenvalue weighted by atomic mass is 16.6. The van der Waals surface area contributed by atoms with E-state index in [0.29, 0.717) is 19.6 Å². The third-order valence-corrected chi connectivity index (χ3v) is 0.981. The van der Waals surface area contributed by atoms with E-state index in [-0.39, 0.29) is 12.7 Å². The van der Waals surface area contributed by atoms with Gasteiger partial charge < -0.3 is 15.2 Å². The second-order valence-corrected chi connectivity index (χ2v) is 1.74. The van der Waals surface area contributed by atoms with Crippen molar-refractivity contribution >= 4 is 5.91 Å². The van der Waals surface area contributed by atoms with E-state index in [1.165, 1.54) is 0 Å². The zero-order valence-corrected chi connectivity index (χ0v) is 6.09. The minimum atomic E-state index is -0.290. The summed E-state index contributed by atoms with van der Waals surface area (Å²) in [6, 6.07) is 0. The minimum Gasteiger partial charge on any atom is -0.371 e. The van der Waals surface area contributed by atoms with Gasteiger partial charge in [-0.1, -0.05) is 6.92 Å². The molecule has 0 heterocycles. The van der Waals surface area contributed by atoms with Crippen molar-refractivity contribution in [2.75, 3.05) is 19.9 Å². The lowest BCUT2D eigenvalue weighted by Gasteiger charge is -2.01. The van der Waals surface area contributed by atoms with Gasteiger partial charge in [-0.2, -0.15) is 0 Å². The highest BCUT2D eigenvalue weighted by Crippen LogP contribution is 1.74. The lowest BCUT2D eigenvalue weighted by Crippen LogP contribution is -2.26. The van der Waals surface area contributed by atoms with Crippen molar-refractivity contribution in [1.29, 1.82) is 0 Å². The zero-order chi connectivity index (χ0) is 7.82. The van der Waals surface area contributed by atoms with Crippen molar-refractivity contribution in [2.24, 2.45) is 0 Å². The Balaban J connectivity index is 2.96. The van der Waals surface area contributed by atoms with Crippen LogP contribution in [0, 0.1) is 0 Å². The van der Waals surface area contributed by atoms with Crippen LogP contribution >= 0.6 is 0 Å². The molecule has 4 heteroatoms. The number of hydrogen-bond donors (Lipinski definition) is 2. The fraction of sp³-hybridized carbons (Fsp3) is 0.833. The number of amides is 1. The normalized spacial score (nSPS) is 9.40. The predicted molar refractivity (Wildman–Crippen MR) is 36.3 cm³/mol. The van der Waals surface area contributed by atoms with Gasteiger partial charge in [-0.05, 0) is 0 Å². The summed E-state index contributed by atoms with van der Waals surface area (Å²) in [6.07, 6.45) is 0.485. The summed E-state index contributed by atoms with van der Waals surface area (Å²) < 4.78 is 4.57. The maximum Gasteiger partial charge on any atom is 0.219 e. The summed E-state index contributed by atoms with van der Waals surface area (Å²) in [5.74, 6) is 0.00143. The van der Waals surface area contributed by atoms with Crippen LogP contribution in [0.25, 0.3) is 0 Å². The van der Waals surface area contributed by atoms with Gasteiger partial charge in [-0.3, -0.25) is 4.79 Å². The largest absolute Gasteiger partial charge is 0.371 e. The lowest BCUT2D eigenvalue weighted by molar-refractivity contribution is -0.121. The van der Waals surface area contributed by atoms with E-state index in [9.17, 15) is 4.79 Å². The number of hydrogen-bond acceptors (Lipinski definition) is 3. The number of nitrogens with one attached hydrogen (secondary N) is 1. The first-order chi connectivity index (χ1) is 4.81. The summed E-state index contributed by atoms with van der Waals surface area (Å²) in [5, 5.41) is 10.7. The smallest absolute Gasteiger partial charge is 0.219 e. The molecular formula is C6H13NO3. The van der Waals surface area contributed by atoms with Gasteiger partial charge in [0, 0.05) is 13.0 Å². The number of aliphatic hydroxyl groups excluding tert-OH is 1. The maximum atomic E-state index is 10.5. The molecule has 0 aliphatic rings. The van der Waals surface area contributed by atoms with Gasteiger partial charge >= 0.3 is 0 Å². The Hall–Kier alpha value is -0.610. The molecule has 0 spiro atoms. The number of rotatable bonds is 5. The minimum absolute atomic E-state index is 0.00143. The van der Waals surface area contributed by atoms with Gasteiger partial charge in [0.1, 0.15) is 6.79 Å². The van der Waals surface area contributed by atoms with Gasteiger partial charge in [0.25, 0.3) is 0 Å². The van der Waals surface area contributed by atoms with Crippen molar-refractivity contribution in [3.05, 3.63) is 0 Å². The Labute approximate surface area is 60.2 Å². The number of ether oxygens (including phenoxy) is 1. The topological polar surface area (TPSA) is 58.6 Å². The maximum absolute atomic E-state index is 10.5. The summed E-state index contributed by atoms with van der Waals surface area (Å²) in [7, 11) is 0. The van der Waals surface area contributed by atoms with Gasteiger partial charge in [-0.25, -0.2) is 0 Å². The van der Waals surface area contributed by atoms with Gasteiger partial charge in [0.05, 0.1) is 6.61 Å². The average Bonchev–Trinajstić information content (AvgIpc) is 1.98. The van der Waals surface area contributed by atoms with Crippen LogP contribution in [0.15, 0.2) is 0 Å². The molecule has 4 nitrogen and oxygen atoms in total. The first-order valence-electron chi connectivity index (χ1n) is 3.26. The molecule has 0 aliphatic carbocycles. The third-order valence-electron chi connectivity index (χ3n) is 0.981. The average molecular weight is 147 g/mol. The molecule has 0 rings (SSSR count). The van der Waals surface area contributed by atoms with Crippen LogP contribution in [0.1, 0.15) is 13.3 Å². The molecule has 0 saturated carbocycles. The molecule has 0 unspecified atom stereocenters. The second-order valence-electron chi connectivity index (χ2n) is 1.74. The summed E-state index contributed by atoms with van der Waals surface area (Å²) in [5.41, 5.74) is 0. The van der Waals surface area contributed by atoms with Crippen LogP contribution in [-0.2, 0) is 9.53 Å². The molecule has 0 radical (unpaired) electrons. The molecule has 0 aromatic heterocycles. The Morgan fingerprint density at radius 2 is 2.40 bits per heavy atom. The predicted octanol–water partition coefficient (Wildman–Crippen LogP) is -0.521. The summed E-state index contributed by atoms with van der Waals surface area (Å²) in [6.45, 7) is 2.32. The molecule has 0 fully saturated rings. The fourth-order valence-corrected chi connectivity index (χ4v) is 0.452. The molecule has 1 amide bonds. The van der Waals surface area contributed by atoms with E-state index < -0.39 is 0 Å². The third kappa shape index (κ3) is 5.53. The van der Waals surface area contributed by atoms with E-state index in [1.807, 2.05) is 0 Å². The first kappa shape index (κ1) is 9.39. The van der Waals surface area contributed by atoms with Crippen molar-refractivity contribution in [2.45, 2.75) is 13.3 Å². The molecule has 10 heavy (non-hydrogen) atoms. The summed E-state index contributed by atoms with van der Waals surface area (Å²) in [4.78, 5) is 10.5. The molecule has 0 saturated heterocycles.